The minimum Gasteiger partial charge on any atom is -0.508 e. The van der Waals surface area contributed by atoms with Gasteiger partial charge in [0.05, 0.1) is 11.4 Å². The van der Waals surface area contributed by atoms with E-state index in [0.29, 0.717) is 18.9 Å². The van der Waals surface area contributed by atoms with Crippen LogP contribution >= 0.6 is 0 Å². The molecule has 0 radical (unpaired) electrons. The van der Waals surface area contributed by atoms with Crippen LogP contribution in [0.2, 0.25) is 0 Å². The third kappa shape index (κ3) is 2.08. The minimum atomic E-state index is -3.61. The summed E-state index contributed by atoms with van der Waals surface area (Å²) in [4.78, 5) is 0.0838. The highest BCUT2D eigenvalue weighted by Gasteiger charge is 2.29. The van der Waals surface area contributed by atoms with Crippen molar-refractivity contribution in [3.63, 3.8) is 0 Å². The molecule has 1 N–H and O–H groups in total. The van der Waals surface area contributed by atoms with E-state index in [4.69, 9.17) is 0 Å². The zero-order valence-corrected chi connectivity index (χ0v) is 10.8. The Morgan fingerprint density at radius 3 is 2.89 bits per heavy atom. The first-order chi connectivity index (χ1) is 9.07. The summed E-state index contributed by atoms with van der Waals surface area (Å²) in [5.41, 5.74) is 0. The van der Waals surface area contributed by atoms with E-state index in [1.54, 1.807) is 6.33 Å². The summed E-state index contributed by atoms with van der Waals surface area (Å²) >= 11 is 0. The first-order valence-corrected chi connectivity index (χ1v) is 7.17. The van der Waals surface area contributed by atoms with Gasteiger partial charge in [0.25, 0.3) is 0 Å². The molecule has 1 aromatic heterocycles. The van der Waals surface area contributed by atoms with Gasteiger partial charge in [-0.25, -0.2) is 8.42 Å². The van der Waals surface area contributed by atoms with Crippen molar-refractivity contribution in [2.75, 3.05) is 6.54 Å². The summed E-state index contributed by atoms with van der Waals surface area (Å²) in [6.45, 7) is 1.08. The first kappa shape index (κ1) is 12.1. The molecule has 1 aliphatic rings. The van der Waals surface area contributed by atoms with Gasteiger partial charge in [-0.2, -0.15) is 4.31 Å². The minimum absolute atomic E-state index is 0.0683. The molecular weight excluding hydrogens is 268 g/mol. The lowest BCUT2D eigenvalue weighted by atomic mass is 10.3. The molecule has 0 fully saturated rings. The molecule has 8 heteroatoms. The van der Waals surface area contributed by atoms with Crippen molar-refractivity contribution in [1.82, 2.24) is 19.1 Å². The molecule has 0 bridgehead atoms. The van der Waals surface area contributed by atoms with E-state index >= 15 is 0 Å². The largest absolute Gasteiger partial charge is 0.508 e. The van der Waals surface area contributed by atoms with Gasteiger partial charge in [0, 0.05) is 13.1 Å². The van der Waals surface area contributed by atoms with E-state index in [1.807, 2.05) is 4.57 Å². The number of aromatic nitrogens is 3. The maximum absolute atomic E-state index is 12.4. The summed E-state index contributed by atoms with van der Waals surface area (Å²) in [5, 5.41) is 17.0. The monoisotopic (exact) mass is 280 g/mol. The Balaban J connectivity index is 1.94. The van der Waals surface area contributed by atoms with Crippen LogP contribution in [0.5, 0.6) is 5.75 Å². The Morgan fingerprint density at radius 2 is 2.11 bits per heavy atom. The van der Waals surface area contributed by atoms with E-state index in [0.717, 1.165) is 0 Å². The smallest absolute Gasteiger partial charge is 0.243 e. The van der Waals surface area contributed by atoms with Gasteiger partial charge in [0.2, 0.25) is 10.0 Å². The second-order valence-corrected chi connectivity index (χ2v) is 6.21. The number of benzene rings is 1. The Morgan fingerprint density at radius 1 is 1.26 bits per heavy atom. The highest BCUT2D eigenvalue weighted by Crippen LogP contribution is 2.23. The van der Waals surface area contributed by atoms with Crippen molar-refractivity contribution >= 4 is 10.0 Å². The van der Waals surface area contributed by atoms with Crippen LogP contribution in [0.1, 0.15) is 5.82 Å². The number of sulfonamides is 1. The van der Waals surface area contributed by atoms with Crippen molar-refractivity contribution in [2.24, 2.45) is 0 Å². The summed E-state index contributed by atoms with van der Waals surface area (Å²) in [6, 6.07) is 5.66. The molecule has 1 aliphatic heterocycles. The number of hydrogen-bond donors (Lipinski definition) is 1. The summed E-state index contributed by atoms with van der Waals surface area (Å²) in [6.07, 6.45) is 1.59. The van der Waals surface area contributed by atoms with Crippen molar-refractivity contribution in [1.29, 1.82) is 0 Å². The molecule has 2 aromatic rings. The lowest BCUT2D eigenvalue weighted by Gasteiger charge is -2.26. The van der Waals surface area contributed by atoms with Crippen LogP contribution in [0.4, 0.5) is 0 Å². The Bertz CT molecular complexity index is 710. The zero-order chi connectivity index (χ0) is 13.5. The molecule has 0 spiro atoms. The lowest BCUT2D eigenvalue weighted by Crippen LogP contribution is -2.38. The van der Waals surface area contributed by atoms with Crippen molar-refractivity contribution in [2.45, 2.75) is 18.0 Å². The maximum atomic E-state index is 12.4. The van der Waals surface area contributed by atoms with E-state index < -0.39 is 10.0 Å². The van der Waals surface area contributed by atoms with Crippen LogP contribution in [0.3, 0.4) is 0 Å². The third-order valence-corrected chi connectivity index (χ3v) is 4.90. The number of aromatic hydroxyl groups is 1. The van der Waals surface area contributed by atoms with E-state index in [9.17, 15) is 13.5 Å². The van der Waals surface area contributed by atoms with Crippen LogP contribution in [0.15, 0.2) is 35.5 Å². The van der Waals surface area contributed by atoms with Crippen LogP contribution in [-0.2, 0) is 23.1 Å². The van der Waals surface area contributed by atoms with Gasteiger partial charge in [-0.1, -0.05) is 6.07 Å². The van der Waals surface area contributed by atoms with Crippen LogP contribution < -0.4 is 0 Å². The molecular formula is C11H12N4O3S. The number of rotatable bonds is 2. The molecule has 19 heavy (non-hydrogen) atoms. The zero-order valence-electron chi connectivity index (χ0n) is 9.97. The summed E-state index contributed by atoms with van der Waals surface area (Å²) in [7, 11) is -3.61. The predicted molar refractivity (Wildman–Crippen MR) is 65.7 cm³/mol. The normalized spacial score (nSPS) is 16.2. The fraction of sp³-hybridized carbons (Fsp3) is 0.273. The average molecular weight is 280 g/mol. The number of nitrogens with zero attached hydrogens (tertiary/aromatic N) is 4. The van der Waals surface area contributed by atoms with E-state index in [-0.39, 0.29) is 17.2 Å². The van der Waals surface area contributed by atoms with Crippen molar-refractivity contribution < 1.29 is 13.5 Å². The van der Waals surface area contributed by atoms with Gasteiger partial charge in [-0.15, -0.1) is 10.2 Å². The van der Waals surface area contributed by atoms with Crippen molar-refractivity contribution in [3.05, 3.63) is 36.4 Å². The molecule has 100 valence electrons. The van der Waals surface area contributed by atoms with Gasteiger partial charge in [-0.3, -0.25) is 0 Å². The molecule has 0 saturated heterocycles. The lowest BCUT2D eigenvalue weighted by molar-refractivity contribution is 0.335. The number of phenolic OH excluding ortho intramolecular Hbond substituents is 1. The number of phenols is 1. The molecule has 0 aliphatic carbocycles. The molecule has 2 heterocycles. The number of hydrogen-bond acceptors (Lipinski definition) is 5. The topological polar surface area (TPSA) is 88.3 Å². The van der Waals surface area contributed by atoms with Gasteiger partial charge in [-0.05, 0) is 18.2 Å². The fourth-order valence-electron chi connectivity index (χ4n) is 2.04. The van der Waals surface area contributed by atoms with E-state index in [2.05, 4.69) is 10.2 Å². The molecule has 3 rings (SSSR count). The Hall–Kier alpha value is -1.93. The second-order valence-electron chi connectivity index (χ2n) is 4.28. The second kappa shape index (κ2) is 4.32. The quantitative estimate of drug-likeness (QED) is 0.848. The molecule has 0 atom stereocenters. The molecule has 1 aromatic carbocycles. The number of fused-ring (bicyclic) bond motifs is 1. The maximum Gasteiger partial charge on any atom is 0.243 e. The Kier molecular flexibility index (Phi) is 2.76. The molecule has 0 amide bonds. The standard InChI is InChI=1S/C11H12N4O3S/c16-9-2-1-3-10(6-9)19(17,18)15-5-4-14-8-12-13-11(14)7-15/h1-3,6,8,16H,4-5,7H2. The van der Waals surface area contributed by atoms with Crippen LogP contribution in [0.25, 0.3) is 0 Å². The Labute approximate surface area is 110 Å². The fourth-order valence-corrected chi connectivity index (χ4v) is 3.47. The van der Waals surface area contributed by atoms with Gasteiger partial charge in [0.1, 0.15) is 17.9 Å². The van der Waals surface area contributed by atoms with Gasteiger partial charge >= 0.3 is 0 Å². The highest BCUT2D eigenvalue weighted by atomic mass is 32.2. The predicted octanol–water partition coefficient (Wildman–Crippen LogP) is 0.188. The molecule has 0 saturated carbocycles. The van der Waals surface area contributed by atoms with Crippen molar-refractivity contribution in [3.8, 4) is 5.75 Å². The molecule has 0 unspecified atom stereocenters. The summed E-state index contributed by atoms with van der Waals surface area (Å²) in [5.74, 6) is 0.552. The SMILES string of the molecule is O=S(=O)(c1cccc(O)c1)N1CCn2cnnc2C1. The molecule has 7 nitrogen and oxygen atoms in total. The van der Waals surface area contributed by atoms with Crippen LogP contribution in [-0.4, -0.2) is 39.1 Å². The summed E-state index contributed by atoms with van der Waals surface area (Å²) < 4.78 is 28.0. The van der Waals surface area contributed by atoms with Crippen LogP contribution in [0, 0.1) is 0 Å². The van der Waals surface area contributed by atoms with E-state index in [1.165, 1.54) is 28.6 Å². The van der Waals surface area contributed by atoms with Gasteiger partial charge in [0.15, 0.2) is 0 Å². The highest BCUT2D eigenvalue weighted by molar-refractivity contribution is 7.89. The van der Waals surface area contributed by atoms with Gasteiger partial charge < -0.3 is 9.67 Å². The first-order valence-electron chi connectivity index (χ1n) is 5.73. The third-order valence-electron chi connectivity index (χ3n) is 3.06. The average Bonchev–Trinajstić information content (AvgIpc) is 2.85.